The third-order valence-corrected chi connectivity index (χ3v) is 4.49. The molecule has 3 rings (SSSR count). The Balaban J connectivity index is 0.00000280. The fourth-order valence-electron chi connectivity index (χ4n) is 3.05. The van der Waals surface area contributed by atoms with Crippen molar-refractivity contribution in [2.45, 2.75) is 32.7 Å². The minimum Gasteiger partial charge on any atom is -0.461 e. The van der Waals surface area contributed by atoms with Crippen LogP contribution in [-0.2, 0) is 11.2 Å². The fourth-order valence-corrected chi connectivity index (χ4v) is 3.05. The molecule has 154 valence electrons. The van der Waals surface area contributed by atoms with Gasteiger partial charge in [0.2, 0.25) is 11.7 Å². The summed E-state index contributed by atoms with van der Waals surface area (Å²) in [5.74, 6) is 2.95. The van der Waals surface area contributed by atoms with Gasteiger partial charge in [0.15, 0.2) is 11.7 Å². The van der Waals surface area contributed by atoms with Crippen LogP contribution in [0.5, 0.6) is 0 Å². The Morgan fingerprint density at radius 2 is 2.32 bits per heavy atom. The van der Waals surface area contributed by atoms with Gasteiger partial charge in [-0.1, -0.05) is 13.8 Å². The average molecular weight is 501 g/mol. The molecule has 1 unspecified atom stereocenters. The van der Waals surface area contributed by atoms with Gasteiger partial charge in [-0.05, 0) is 18.6 Å². The summed E-state index contributed by atoms with van der Waals surface area (Å²) in [6, 6.07) is 3.85. The number of halogens is 1. The molecule has 2 aromatic heterocycles. The Labute approximate surface area is 181 Å². The van der Waals surface area contributed by atoms with Gasteiger partial charge < -0.3 is 20.0 Å². The van der Waals surface area contributed by atoms with E-state index in [1.165, 1.54) is 0 Å². The lowest BCUT2D eigenvalue weighted by Gasteiger charge is -2.20. The van der Waals surface area contributed by atoms with Crippen molar-refractivity contribution in [1.82, 2.24) is 30.7 Å². The number of likely N-dealkylation sites (tertiary alicyclic amines) is 1. The lowest BCUT2D eigenvalue weighted by Crippen LogP contribution is -2.45. The topological polar surface area (TPSA) is 111 Å². The summed E-state index contributed by atoms with van der Waals surface area (Å²) in [5, 5.41) is 13.7. The monoisotopic (exact) mass is 501 g/mol. The second-order valence-electron chi connectivity index (χ2n) is 6.90. The van der Waals surface area contributed by atoms with Crippen LogP contribution in [0.3, 0.4) is 0 Å². The van der Waals surface area contributed by atoms with E-state index in [-0.39, 0.29) is 41.8 Å². The number of amides is 1. The normalized spacial score (nSPS) is 16.9. The fraction of sp³-hybridized carbons (Fsp3) is 0.556. The first kappa shape index (κ1) is 22.2. The number of aromatic nitrogens is 3. The lowest BCUT2D eigenvalue weighted by atomic mass is 10.2. The Hall–Kier alpha value is -2.11. The molecule has 1 fully saturated rings. The highest BCUT2D eigenvalue weighted by molar-refractivity contribution is 14.0. The molecule has 1 amide bonds. The second-order valence-corrected chi connectivity index (χ2v) is 6.90. The van der Waals surface area contributed by atoms with Crippen molar-refractivity contribution in [2.75, 3.05) is 26.7 Å². The number of aromatic amines is 1. The van der Waals surface area contributed by atoms with Gasteiger partial charge in [-0.25, -0.2) is 4.98 Å². The summed E-state index contributed by atoms with van der Waals surface area (Å²) in [7, 11) is 1.74. The van der Waals surface area contributed by atoms with Crippen LogP contribution in [0.15, 0.2) is 27.8 Å². The molecule has 0 radical (unpaired) electrons. The van der Waals surface area contributed by atoms with E-state index < -0.39 is 0 Å². The molecule has 10 heteroatoms. The number of furan rings is 1. The third-order valence-electron chi connectivity index (χ3n) is 4.49. The number of hydrogen-bond donors (Lipinski definition) is 3. The van der Waals surface area contributed by atoms with Crippen LogP contribution < -0.4 is 10.6 Å². The molecule has 0 bridgehead atoms. The number of guanidine groups is 1. The van der Waals surface area contributed by atoms with Gasteiger partial charge in [-0.3, -0.25) is 14.9 Å². The molecule has 2 aromatic rings. The maximum atomic E-state index is 12.1. The van der Waals surface area contributed by atoms with Gasteiger partial charge in [0.05, 0.1) is 6.26 Å². The second kappa shape index (κ2) is 10.4. The van der Waals surface area contributed by atoms with Gasteiger partial charge in [-0.15, -0.1) is 24.0 Å². The molecule has 1 atom stereocenters. The summed E-state index contributed by atoms with van der Waals surface area (Å²) in [6.45, 7) is 6.04. The lowest BCUT2D eigenvalue weighted by molar-refractivity contribution is -0.133. The van der Waals surface area contributed by atoms with E-state index in [0.29, 0.717) is 31.1 Å². The van der Waals surface area contributed by atoms with Crippen LogP contribution in [0.25, 0.3) is 11.6 Å². The molecule has 3 N–H and O–H groups in total. The first-order chi connectivity index (χ1) is 13.1. The van der Waals surface area contributed by atoms with Crippen molar-refractivity contribution < 1.29 is 9.21 Å². The molecule has 0 aliphatic carbocycles. The van der Waals surface area contributed by atoms with Crippen molar-refractivity contribution in [1.29, 1.82) is 0 Å². The third kappa shape index (κ3) is 5.69. The Morgan fingerprint density at radius 3 is 3.00 bits per heavy atom. The Bertz CT molecular complexity index is 773. The molecule has 3 heterocycles. The van der Waals surface area contributed by atoms with Crippen LogP contribution in [0.4, 0.5) is 0 Å². The van der Waals surface area contributed by atoms with Gasteiger partial charge >= 0.3 is 0 Å². The predicted molar refractivity (Wildman–Crippen MR) is 118 cm³/mol. The van der Waals surface area contributed by atoms with Gasteiger partial charge in [0.25, 0.3) is 0 Å². The van der Waals surface area contributed by atoms with Crippen LogP contribution in [0.2, 0.25) is 0 Å². The van der Waals surface area contributed by atoms with E-state index in [2.05, 4.69) is 30.8 Å². The van der Waals surface area contributed by atoms with E-state index in [1.807, 2.05) is 30.9 Å². The smallest absolute Gasteiger partial charge is 0.225 e. The molecule has 9 nitrogen and oxygen atoms in total. The van der Waals surface area contributed by atoms with Gasteiger partial charge in [0.1, 0.15) is 5.82 Å². The average Bonchev–Trinajstić information content (AvgIpc) is 3.40. The van der Waals surface area contributed by atoms with Gasteiger partial charge in [-0.2, -0.15) is 5.10 Å². The summed E-state index contributed by atoms with van der Waals surface area (Å²) < 4.78 is 5.29. The Morgan fingerprint density at radius 1 is 1.50 bits per heavy atom. The number of carbonyl (C=O) groups excluding carboxylic acids is 1. The van der Waals surface area contributed by atoms with Crippen molar-refractivity contribution in [3.8, 4) is 11.6 Å². The Kier molecular flexibility index (Phi) is 8.27. The van der Waals surface area contributed by atoms with E-state index >= 15 is 0 Å². The van der Waals surface area contributed by atoms with E-state index in [4.69, 9.17) is 4.42 Å². The number of H-pyrrole nitrogens is 1. The molecule has 1 saturated heterocycles. The molecule has 0 saturated carbocycles. The number of nitrogens with zero attached hydrogens (tertiary/aromatic N) is 4. The first-order valence-electron chi connectivity index (χ1n) is 9.28. The number of nitrogens with one attached hydrogen (secondary N) is 3. The molecule has 28 heavy (non-hydrogen) atoms. The standard InChI is InChI=1S/C18H27N7O2.HI/c1-12(2)17(26)25-9-7-13(11-25)21-18(19-3)20-8-6-15-22-16(24-23-15)14-5-4-10-27-14;/h4-5,10,12-13H,6-9,11H2,1-3H3,(H2,19,20,21)(H,22,23,24);1H. The number of rotatable bonds is 6. The molecule has 1 aliphatic heterocycles. The molecule has 0 spiro atoms. The minimum atomic E-state index is 0. The quantitative estimate of drug-likeness (QED) is 0.316. The van der Waals surface area contributed by atoms with Crippen LogP contribution in [0.1, 0.15) is 26.1 Å². The summed E-state index contributed by atoms with van der Waals surface area (Å²) >= 11 is 0. The highest BCUT2D eigenvalue weighted by Gasteiger charge is 2.27. The zero-order valence-corrected chi connectivity index (χ0v) is 18.8. The first-order valence-corrected chi connectivity index (χ1v) is 9.28. The van der Waals surface area contributed by atoms with Crippen LogP contribution in [-0.4, -0.2) is 64.7 Å². The summed E-state index contributed by atoms with van der Waals surface area (Å²) in [4.78, 5) is 22.7. The van der Waals surface area contributed by atoms with Crippen molar-refractivity contribution in [2.24, 2.45) is 10.9 Å². The van der Waals surface area contributed by atoms with Crippen LogP contribution >= 0.6 is 24.0 Å². The van der Waals surface area contributed by atoms with Crippen LogP contribution in [0, 0.1) is 5.92 Å². The molecular formula is C18H28IN7O2. The zero-order valence-electron chi connectivity index (χ0n) is 16.4. The summed E-state index contributed by atoms with van der Waals surface area (Å²) in [6.07, 6.45) is 3.20. The SMILES string of the molecule is CN=C(NCCc1nc(-c2ccco2)n[nH]1)NC1CCN(C(=O)C(C)C)C1.I. The summed E-state index contributed by atoms with van der Waals surface area (Å²) in [5.41, 5.74) is 0. The maximum absolute atomic E-state index is 12.1. The minimum absolute atomic E-state index is 0. The largest absolute Gasteiger partial charge is 0.461 e. The van der Waals surface area contributed by atoms with Crippen molar-refractivity contribution >= 4 is 35.8 Å². The number of carbonyl (C=O) groups is 1. The van der Waals surface area contributed by atoms with E-state index in [9.17, 15) is 4.79 Å². The predicted octanol–water partition coefficient (Wildman–Crippen LogP) is 1.65. The maximum Gasteiger partial charge on any atom is 0.225 e. The van der Waals surface area contributed by atoms with Crippen molar-refractivity contribution in [3.05, 3.63) is 24.2 Å². The highest BCUT2D eigenvalue weighted by Crippen LogP contribution is 2.14. The molecule has 0 aromatic carbocycles. The number of aliphatic imine (C=N–C) groups is 1. The van der Waals surface area contributed by atoms with Crippen molar-refractivity contribution in [3.63, 3.8) is 0 Å². The van der Waals surface area contributed by atoms with E-state index in [1.54, 1.807) is 13.3 Å². The molecule has 1 aliphatic rings. The molecular weight excluding hydrogens is 473 g/mol. The zero-order chi connectivity index (χ0) is 19.2. The van der Waals surface area contributed by atoms with Gasteiger partial charge in [0, 0.05) is 45.1 Å². The number of hydrogen-bond acceptors (Lipinski definition) is 5. The highest BCUT2D eigenvalue weighted by atomic mass is 127. The van der Waals surface area contributed by atoms with E-state index in [0.717, 1.165) is 24.7 Å².